The van der Waals surface area contributed by atoms with Crippen LogP contribution >= 0.6 is 0 Å². The van der Waals surface area contributed by atoms with E-state index in [1.165, 1.54) is 0 Å². The number of carbonyl (C=O) groups excluding carboxylic acids is 1. The maximum absolute atomic E-state index is 12.2. The molecule has 6 aliphatic rings. The van der Waals surface area contributed by atoms with Gasteiger partial charge in [0.2, 0.25) is 0 Å². The Bertz CT molecular complexity index is 826. The van der Waals surface area contributed by atoms with E-state index in [1.54, 1.807) is 6.08 Å². The zero-order valence-electron chi connectivity index (χ0n) is 17.4. The molecule has 5 fully saturated rings. The zero-order chi connectivity index (χ0) is 21.1. The van der Waals surface area contributed by atoms with Crippen LogP contribution in [0.5, 0.6) is 0 Å². The average Bonchev–Trinajstić information content (AvgIpc) is 3.31. The maximum atomic E-state index is 12.2. The van der Waals surface area contributed by atoms with Gasteiger partial charge in [0.25, 0.3) is 0 Å². The minimum Gasteiger partial charge on any atom is -0.458 e. The Balaban J connectivity index is 1.45. The van der Waals surface area contributed by atoms with Crippen LogP contribution in [0.2, 0.25) is 0 Å². The van der Waals surface area contributed by atoms with Crippen molar-refractivity contribution in [2.24, 2.45) is 28.6 Å². The van der Waals surface area contributed by atoms with Crippen LogP contribution in [0.15, 0.2) is 11.6 Å². The number of aliphatic hydroxyl groups is 4. The molecule has 2 heterocycles. The van der Waals surface area contributed by atoms with Gasteiger partial charge in [-0.2, -0.15) is 0 Å². The first kappa shape index (κ1) is 19.7. The van der Waals surface area contributed by atoms with Crippen molar-refractivity contribution < 1.29 is 34.7 Å². The second-order valence-corrected chi connectivity index (χ2v) is 11.1. The van der Waals surface area contributed by atoms with Crippen molar-refractivity contribution >= 4 is 5.97 Å². The van der Waals surface area contributed by atoms with Gasteiger partial charge in [-0.3, -0.25) is 0 Å². The first-order valence-electron chi connectivity index (χ1n) is 11.4. The van der Waals surface area contributed by atoms with Crippen LogP contribution in [-0.2, 0) is 14.3 Å². The Labute approximate surface area is 176 Å². The van der Waals surface area contributed by atoms with Crippen molar-refractivity contribution in [1.82, 2.24) is 0 Å². The van der Waals surface area contributed by atoms with Crippen LogP contribution in [-0.4, -0.2) is 69.1 Å². The molecule has 0 bridgehead atoms. The Morgan fingerprint density at radius 3 is 2.70 bits per heavy atom. The normalized spacial score (nSPS) is 58.8. The van der Waals surface area contributed by atoms with Gasteiger partial charge < -0.3 is 29.9 Å². The summed E-state index contributed by atoms with van der Waals surface area (Å²) in [5, 5.41) is 44.9. The molecule has 0 aromatic carbocycles. The molecule has 0 amide bonds. The SMILES string of the molecule is C[C@]12C[C@H]3O[C@H]4C[C@H](O)C[C@@]5(O)CC[C@H]([C@H]3[C@@]45CO)[C@@]1(O)CC[C@@H]2C1=CC(=O)OC1. The fourth-order valence-corrected chi connectivity index (χ4v) is 9.14. The monoisotopic (exact) mass is 420 g/mol. The van der Waals surface area contributed by atoms with E-state index in [9.17, 15) is 25.2 Å². The molecule has 0 aromatic heterocycles. The Morgan fingerprint density at radius 1 is 1.20 bits per heavy atom. The van der Waals surface area contributed by atoms with E-state index >= 15 is 0 Å². The number of hydrogen-bond donors (Lipinski definition) is 4. The van der Waals surface area contributed by atoms with Crippen molar-refractivity contribution in [2.45, 2.75) is 81.4 Å². The summed E-state index contributed by atoms with van der Waals surface area (Å²) >= 11 is 0. The minimum atomic E-state index is -1.17. The standard InChI is InChI=1S/C23H32O7/c1-20-9-16-19-15(23(20,28)5-3-14(20)12-6-18(26)29-10-12)2-4-21(27)8-13(25)7-17(30-16)22(19,21)11-24/h6,13-17,19,24-25,27-28H,2-5,7-11H2,1H3/t13-,14+,15+,16+,17-,19+,20+,21-,22+,23-/m0/s1. The maximum Gasteiger partial charge on any atom is 0.331 e. The predicted molar refractivity (Wildman–Crippen MR) is 104 cm³/mol. The molecular formula is C23H32O7. The predicted octanol–water partition coefficient (Wildman–Crippen LogP) is 0.679. The van der Waals surface area contributed by atoms with Crippen LogP contribution in [0.25, 0.3) is 0 Å². The molecule has 0 unspecified atom stereocenters. The third-order valence-electron chi connectivity index (χ3n) is 10.3. The Hall–Kier alpha value is -0.990. The van der Waals surface area contributed by atoms with Crippen molar-refractivity contribution in [2.75, 3.05) is 13.2 Å². The number of hydrogen-bond acceptors (Lipinski definition) is 7. The molecule has 6 rings (SSSR count). The lowest BCUT2D eigenvalue weighted by Gasteiger charge is -2.64. The third kappa shape index (κ3) is 2.02. The van der Waals surface area contributed by atoms with Gasteiger partial charge in [-0.25, -0.2) is 4.79 Å². The molecule has 30 heavy (non-hydrogen) atoms. The zero-order valence-corrected chi connectivity index (χ0v) is 17.4. The number of esters is 1. The highest BCUT2D eigenvalue weighted by Gasteiger charge is 2.78. The number of aliphatic hydroxyl groups excluding tert-OH is 2. The lowest BCUT2D eigenvalue weighted by atomic mass is 9.41. The molecule has 7 nitrogen and oxygen atoms in total. The van der Waals surface area contributed by atoms with Crippen molar-refractivity contribution in [3.05, 3.63) is 11.6 Å². The van der Waals surface area contributed by atoms with Gasteiger partial charge in [0.05, 0.1) is 41.5 Å². The van der Waals surface area contributed by atoms with Crippen LogP contribution in [0, 0.1) is 28.6 Å². The van der Waals surface area contributed by atoms with Gasteiger partial charge in [0.15, 0.2) is 0 Å². The summed E-state index contributed by atoms with van der Waals surface area (Å²) in [6, 6.07) is 0. The molecule has 2 aliphatic heterocycles. The van der Waals surface area contributed by atoms with Gasteiger partial charge in [0, 0.05) is 30.3 Å². The van der Waals surface area contributed by atoms with Crippen LogP contribution in [0.3, 0.4) is 0 Å². The summed E-state index contributed by atoms with van der Waals surface area (Å²) in [4.78, 5) is 11.7. The van der Waals surface area contributed by atoms with Crippen molar-refractivity contribution in [3.8, 4) is 0 Å². The molecular weight excluding hydrogens is 388 g/mol. The van der Waals surface area contributed by atoms with Crippen molar-refractivity contribution in [3.63, 3.8) is 0 Å². The summed E-state index contributed by atoms with van der Waals surface area (Å²) in [6.45, 7) is 2.23. The first-order chi connectivity index (χ1) is 14.2. The summed E-state index contributed by atoms with van der Waals surface area (Å²) in [5.74, 6) is -0.474. The van der Waals surface area contributed by atoms with Gasteiger partial charge in [-0.1, -0.05) is 6.92 Å². The van der Waals surface area contributed by atoms with Crippen molar-refractivity contribution in [1.29, 1.82) is 0 Å². The van der Waals surface area contributed by atoms with E-state index in [0.29, 0.717) is 38.7 Å². The van der Waals surface area contributed by atoms with Gasteiger partial charge in [-0.15, -0.1) is 0 Å². The highest BCUT2D eigenvalue weighted by Crippen LogP contribution is 2.73. The van der Waals surface area contributed by atoms with Crippen LogP contribution < -0.4 is 0 Å². The molecule has 4 N–H and O–H groups in total. The molecule has 4 aliphatic carbocycles. The van der Waals surface area contributed by atoms with Gasteiger partial charge in [0.1, 0.15) is 6.61 Å². The second kappa shape index (κ2) is 5.87. The van der Waals surface area contributed by atoms with E-state index in [2.05, 4.69) is 6.92 Å². The van der Waals surface area contributed by atoms with Crippen LogP contribution in [0.1, 0.15) is 51.9 Å². The molecule has 7 heteroatoms. The fourth-order valence-electron chi connectivity index (χ4n) is 9.14. The van der Waals surface area contributed by atoms with E-state index in [0.717, 1.165) is 12.0 Å². The average molecular weight is 421 g/mol. The minimum absolute atomic E-state index is 0.0533. The third-order valence-corrected chi connectivity index (χ3v) is 10.3. The quantitative estimate of drug-likeness (QED) is 0.486. The highest BCUT2D eigenvalue weighted by atomic mass is 16.5. The molecule has 10 atom stereocenters. The number of cyclic esters (lactones) is 1. The lowest BCUT2D eigenvalue weighted by molar-refractivity contribution is -0.258. The fraction of sp³-hybridized carbons (Fsp3) is 0.870. The largest absolute Gasteiger partial charge is 0.458 e. The number of rotatable bonds is 2. The first-order valence-corrected chi connectivity index (χ1v) is 11.4. The summed E-state index contributed by atoms with van der Waals surface area (Å²) in [5.41, 5.74) is -2.44. The molecule has 0 spiro atoms. The number of fused-ring (bicyclic) bond motifs is 2. The summed E-state index contributed by atoms with van der Waals surface area (Å²) < 4.78 is 11.7. The van der Waals surface area contributed by atoms with Gasteiger partial charge in [-0.05, 0) is 49.5 Å². The number of carbonyl (C=O) groups is 1. The molecule has 1 saturated heterocycles. The van der Waals surface area contributed by atoms with E-state index in [-0.39, 0.29) is 42.9 Å². The van der Waals surface area contributed by atoms with Gasteiger partial charge >= 0.3 is 5.97 Å². The molecule has 4 saturated carbocycles. The summed E-state index contributed by atoms with van der Waals surface area (Å²) in [7, 11) is 0. The number of ether oxygens (including phenoxy) is 2. The highest BCUT2D eigenvalue weighted by molar-refractivity contribution is 5.85. The van der Waals surface area contributed by atoms with E-state index in [4.69, 9.17) is 9.47 Å². The summed E-state index contributed by atoms with van der Waals surface area (Å²) in [6.07, 6.45) is 4.17. The van der Waals surface area contributed by atoms with Crippen LogP contribution in [0.4, 0.5) is 0 Å². The van der Waals surface area contributed by atoms with E-state index < -0.39 is 34.2 Å². The molecule has 166 valence electrons. The lowest BCUT2D eigenvalue weighted by Crippen LogP contribution is -2.71. The smallest absolute Gasteiger partial charge is 0.331 e. The molecule has 0 radical (unpaired) electrons. The Morgan fingerprint density at radius 2 is 2.00 bits per heavy atom. The second-order valence-electron chi connectivity index (χ2n) is 11.1. The van der Waals surface area contributed by atoms with E-state index in [1.807, 2.05) is 0 Å². The molecule has 0 aromatic rings. The Kier molecular flexibility index (Phi) is 3.85. The topological polar surface area (TPSA) is 116 Å².